The van der Waals surface area contributed by atoms with Gasteiger partial charge >= 0.3 is 0 Å². The summed E-state index contributed by atoms with van der Waals surface area (Å²) >= 11 is 1.57. The van der Waals surface area contributed by atoms with Crippen molar-refractivity contribution in [2.24, 2.45) is 0 Å². The Hall–Kier alpha value is -2.09. The highest BCUT2D eigenvalue weighted by molar-refractivity contribution is 7.89. The van der Waals surface area contributed by atoms with Gasteiger partial charge in [0, 0.05) is 0 Å². The third-order valence-electron chi connectivity index (χ3n) is 3.79. The molecule has 3 rings (SSSR count). The van der Waals surface area contributed by atoms with Gasteiger partial charge in [0.25, 0.3) is 0 Å². The van der Waals surface area contributed by atoms with Crippen molar-refractivity contribution >= 4 is 21.4 Å². The molecule has 0 aliphatic heterocycles. The second-order valence-corrected chi connectivity index (χ2v) is 8.09. The minimum absolute atomic E-state index is 0.0766. The van der Waals surface area contributed by atoms with Gasteiger partial charge in [-0.3, -0.25) is 0 Å². The zero-order chi connectivity index (χ0) is 17.9. The number of benzene rings is 1. The Morgan fingerprint density at radius 3 is 2.72 bits per heavy atom. The van der Waals surface area contributed by atoms with Crippen molar-refractivity contribution in [1.82, 2.24) is 4.72 Å². The number of ether oxygens (including phenoxy) is 1. The third kappa shape index (κ3) is 3.95. The van der Waals surface area contributed by atoms with E-state index >= 15 is 0 Å². The van der Waals surface area contributed by atoms with Gasteiger partial charge < -0.3 is 9.15 Å². The van der Waals surface area contributed by atoms with E-state index in [9.17, 15) is 8.42 Å². The molecule has 0 amide bonds. The molecule has 0 saturated heterocycles. The first-order valence-electron chi connectivity index (χ1n) is 7.82. The van der Waals surface area contributed by atoms with Crippen LogP contribution in [0.1, 0.15) is 18.2 Å². The summed E-state index contributed by atoms with van der Waals surface area (Å²) in [5.41, 5.74) is 0.930. The Kier molecular flexibility index (Phi) is 5.27. The van der Waals surface area contributed by atoms with Crippen LogP contribution in [-0.4, -0.2) is 15.5 Å². The highest BCUT2D eigenvalue weighted by Crippen LogP contribution is 2.28. The third-order valence-corrected chi connectivity index (χ3v) is 6.09. The number of hydrogen-bond acceptors (Lipinski definition) is 5. The van der Waals surface area contributed by atoms with E-state index < -0.39 is 10.0 Å². The summed E-state index contributed by atoms with van der Waals surface area (Å²) in [7, 11) is -2.25. The summed E-state index contributed by atoms with van der Waals surface area (Å²) in [6, 6.07) is 12.7. The van der Waals surface area contributed by atoms with Gasteiger partial charge in [-0.1, -0.05) is 19.1 Å². The molecule has 0 aliphatic carbocycles. The Bertz CT molecular complexity index is 943. The highest BCUT2D eigenvalue weighted by atomic mass is 32.2. The smallest absolute Gasteiger partial charge is 0.244 e. The molecule has 132 valence electrons. The van der Waals surface area contributed by atoms with Crippen molar-refractivity contribution < 1.29 is 17.6 Å². The van der Waals surface area contributed by atoms with Crippen LogP contribution in [0.4, 0.5) is 0 Å². The van der Waals surface area contributed by atoms with Gasteiger partial charge in [-0.15, -0.1) is 11.3 Å². The van der Waals surface area contributed by atoms with Gasteiger partial charge in [-0.2, -0.15) is 0 Å². The maximum Gasteiger partial charge on any atom is 0.244 e. The van der Waals surface area contributed by atoms with Crippen LogP contribution in [0.15, 0.2) is 57.2 Å². The van der Waals surface area contributed by atoms with Crippen molar-refractivity contribution in [2.45, 2.75) is 24.8 Å². The molecule has 2 aromatic heterocycles. The van der Waals surface area contributed by atoms with Crippen molar-refractivity contribution in [3.63, 3.8) is 0 Å². The number of thiophene rings is 1. The van der Waals surface area contributed by atoms with Crippen LogP contribution in [-0.2, 0) is 23.0 Å². The topological polar surface area (TPSA) is 68.5 Å². The summed E-state index contributed by atoms with van der Waals surface area (Å²) < 4.78 is 38.8. The van der Waals surface area contributed by atoms with Crippen LogP contribution in [0.5, 0.6) is 5.75 Å². The van der Waals surface area contributed by atoms with E-state index in [0.29, 0.717) is 11.5 Å². The van der Waals surface area contributed by atoms with Gasteiger partial charge in [0.2, 0.25) is 10.0 Å². The monoisotopic (exact) mass is 377 g/mol. The molecule has 0 unspecified atom stereocenters. The maximum atomic E-state index is 12.7. The second-order valence-electron chi connectivity index (χ2n) is 5.41. The Morgan fingerprint density at radius 2 is 2.04 bits per heavy atom. The first-order valence-corrected chi connectivity index (χ1v) is 10.2. The average Bonchev–Trinajstić information content (AvgIpc) is 3.30. The lowest BCUT2D eigenvalue weighted by Crippen LogP contribution is -2.23. The number of sulfonamides is 1. The Labute approximate surface area is 151 Å². The molecule has 25 heavy (non-hydrogen) atoms. The normalized spacial score (nSPS) is 11.6. The van der Waals surface area contributed by atoms with E-state index in [0.717, 1.165) is 22.6 Å². The summed E-state index contributed by atoms with van der Waals surface area (Å²) in [6.07, 6.45) is 0.745. The fourth-order valence-corrected chi connectivity index (χ4v) is 4.32. The molecule has 0 saturated carbocycles. The highest BCUT2D eigenvalue weighted by Gasteiger charge is 2.20. The fraction of sp³-hybridized carbons (Fsp3) is 0.222. The molecular weight excluding hydrogens is 358 g/mol. The number of aryl methyl sites for hydroxylation is 1. The van der Waals surface area contributed by atoms with Crippen LogP contribution in [0.2, 0.25) is 0 Å². The van der Waals surface area contributed by atoms with E-state index in [1.807, 2.05) is 36.6 Å². The lowest BCUT2D eigenvalue weighted by molar-refractivity contribution is 0.402. The average molecular weight is 377 g/mol. The van der Waals surface area contributed by atoms with Crippen LogP contribution in [0.3, 0.4) is 0 Å². The SMILES string of the molecule is CCc1ccc(OC)c(S(=O)(=O)NCc2ccc(-c3cccs3)o2)c1. The summed E-state index contributed by atoms with van der Waals surface area (Å²) in [6.45, 7) is 2.05. The van der Waals surface area contributed by atoms with Crippen LogP contribution in [0.25, 0.3) is 10.6 Å². The number of nitrogens with one attached hydrogen (secondary N) is 1. The van der Waals surface area contributed by atoms with Crippen molar-refractivity contribution in [2.75, 3.05) is 7.11 Å². The number of methoxy groups -OCH3 is 1. The predicted octanol–water partition coefficient (Wildman–Crippen LogP) is 4.06. The van der Waals surface area contributed by atoms with Gasteiger partial charge in [0.05, 0.1) is 18.5 Å². The van der Waals surface area contributed by atoms with E-state index in [4.69, 9.17) is 9.15 Å². The van der Waals surface area contributed by atoms with Gasteiger partial charge in [-0.05, 0) is 47.7 Å². The van der Waals surface area contributed by atoms with Crippen molar-refractivity contribution in [3.05, 3.63) is 59.2 Å². The van der Waals surface area contributed by atoms with Gasteiger partial charge in [0.1, 0.15) is 22.2 Å². The van der Waals surface area contributed by atoms with E-state index in [2.05, 4.69) is 4.72 Å². The molecule has 7 heteroatoms. The molecule has 0 fully saturated rings. The zero-order valence-corrected chi connectivity index (χ0v) is 15.6. The zero-order valence-electron chi connectivity index (χ0n) is 14.0. The first-order chi connectivity index (χ1) is 12.0. The second kappa shape index (κ2) is 7.43. The summed E-state index contributed by atoms with van der Waals surface area (Å²) in [5.74, 6) is 1.61. The van der Waals surface area contributed by atoms with E-state index in [1.165, 1.54) is 7.11 Å². The molecule has 3 aromatic rings. The molecular formula is C18H19NO4S2. The molecule has 0 spiro atoms. The molecule has 0 atom stereocenters. The van der Waals surface area contributed by atoms with Crippen LogP contribution in [0, 0.1) is 0 Å². The number of rotatable bonds is 7. The lowest BCUT2D eigenvalue weighted by Gasteiger charge is -2.11. The maximum absolute atomic E-state index is 12.7. The minimum atomic E-state index is -3.71. The van der Waals surface area contributed by atoms with Crippen LogP contribution < -0.4 is 9.46 Å². The molecule has 1 aromatic carbocycles. The van der Waals surface area contributed by atoms with Crippen molar-refractivity contribution in [3.8, 4) is 16.4 Å². The van der Waals surface area contributed by atoms with Gasteiger partial charge in [-0.25, -0.2) is 13.1 Å². The lowest BCUT2D eigenvalue weighted by atomic mass is 10.2. The van der Waals surface area contributed by atoms with Gasteiger partial charge in [0.15, 0.2) is 0 Å². The summed E-state index contributed by atoms with van der Waals surface area (Å²) in [5, 5.41) is 1.97. The summed E-state index contributed by atoms with van der Waals surface area (Å²) in [4.78, 5) is 1.14. The number of hydrogen-bond donors (Lipinski definition) is 1. The van der Waals surface area contributed by atoms with Crippen molar-refractivity contribution in [1.29, 1.82) is 0 Å². The molecule has 0 radical (unpaired) electrons. The minimum Gasteiger partial charge on any atom is -0.495 e. The molecule has 0 bridgehead atoms. The Morgan fingerprint density at radius 1 is 1.20 bits per heavy atom. The molecule has 5 nitrogen and oxygen atoms in total. The molecule has 0 aliphatic rings. The number of furan rings is 1. The predicted molar refractivity (Wildman–Crippen MR) is 98.4 cm³/mol. The standard InChI is InChI=1S/C18H19NO4S2/c1-3-13-6-8-16(22-2)18(11-13)25(20,21)19-12-14-7-9-15(23-14)17-5-4-10-24-17/h4-11,19H,3,12H2,1-2H3. The largest absolute Gasteiger partial charge is 0.495 e. The fourth-order valence-electron chi connectivity index (χ4n) is 2.42. The van der Waals surface area contributed by atoms with Crippen LogP contribution >= 0.6 is 11.3 Å². The molecule has 1 N–H and O–H groups in total. The molecule has 2 heterocycles. The first kappa shape index (κ1) is 17.7. The quantitative estimate of drug-likeness (QED) is 0.674. The Balaban J connectivity index is 1.78. The van der Waals surface area contributed by atoms with E-state index in [-0.39, 0.29) is 11.4 Å². The van der Waals surface area contributed by atoms with E-state index in [1.54, 1.807) is 29.5 Å².